The van der Waals surface area contributed by atoms with Crippen molar-refractivity contribution in [1.29, 1.82) is 0 Å². The van der Waals surface area contributed by atoms with Gasteiger partial charge in [-0.3, -0.25) is 0 Å². The minimum Gasteiger partial charge on any atom is -0.115 e. The number of hydrogen-bond donors (Lipinski definition) is 0. The molecule has 2 heteroatoms. The molecule has 0 aromatic rings. The van der Waals surface area contributed by atoms with Crippen LogP contribution in [0.25, 0.3) is 0 Å². The normalized spacial score (nSPS) is 14.0. The second kappa shape index (κ2) is 5.63. The maximum Gasteiger partial charge on any atom is -0.0171 e. The lowest BCUT2D eigenvalue weighted by molar-refractivity contribution is 1.10. The first kappa shape index (κ1) is 9.86. The topological polar surface area (TPSA) is 0 Å². The Balaban J connectivity index is 2.91. The SMILES string of the molecule is CC(C)PCPC(C)C. The van der Waals surface area contributed by atoms with Crippen LogP contribution in [0.5, 0.6) is 0 Å². The van der Waals surface area contributed by atoms with Crippen LogP contribution in [0.15, 0.2) is 0 Å². The van der Waals surface area contributed by atoms with Gasteiger partial charge in [-0.25, -0.2) is 0 Å². The summed E-state index contributed by atoms with van der Waals surface area (Å²) in [5.41, 5.74) is 1.85. The largest absolute Gasteiger partial charge is 0.115 e. The van der Waals surface area contributed by atoms with Crippen LogP contribution >= 0.6 is 17.2 Å². The lowest BCUT2D eigenvalue weighted by atomic mass is 10.6. The fourth-order valence-electron chi connectivity index (χ4n) is 0.467. The Morgan fingerprint density at radius 1 is 0.889 bits per heavy atom. The molecule has 0 nitrogen and oxygen atoms in total. The summed E-state index contributed by atoms with van der Waals surface area (Å²) < 4.78 is 0. The molecule has 0 fully saturated rings. The van der Waals surface area contributed by atoms with E-state index in [4.69, 9.17) is 0 Å². The van der Waals surface area contributed by atoms with Crippen molar-refractivity contribution < 1.29 is 0 Å². The second-order valence-electron chi connectivity index (χ2n) is 2.89. The van der Waals surface area contributed by atoms with Crippen molar-refractivity contribution in [3.05, 3.63) is 0 Å². The minimum atomic E-state index is 0.927. The van der Waals surface area contributed by atoms with E-state index in [1.165, 1.54) is 23.1 Å². The molecule has 0 aromatic carbocycles. The van der Waals surface area contributed by atoms with E-state index in [1.807, 2.05) is 0 Å². The zero-order chi connectivity index (χ0) is 7.28. The summed E-state index contributed by atoms with van der Waals surface area (Å²) in [5.74, 6) is 1.47. The van der Waals surface area contributed by atoms with Crippen molar-refractivity contribution in [2.75, 3.05) is 5.90 Å². The van der Waals surface area contributed by atoms with Crippen LogP contribution in [0.4, 0.5) is 0 Å². The highest BCUT2D eigenvalue weighted by Gasteiger charge is 1.94. The molecule has 9 heavy (non-hydrogen) atoms. The predicted octanol–water partition coefficient (Wildman–Crippen LogP) is 3.12. The zero-order valence-electron chi connectivity index (χ0n) is 6.86. The van der Waals surface area contributed by atoms with Gasteiger partial charge in [0.15, 0.2) is 0 Å². The lowest BCUT2D eigenvalue weighted by Gasteiger charge is -2.06. The molecule has 0 bridgehead atoms. The monoisotopic (exact) mass is 164 g/mol. The van der Waals surface area contributed by atoms with Gasteiger partial charge in [0.05, 0.1) is 0 Å². The van der Waals surface area contributed by atoms with Gasteiger partial charge in [0.2, 0.25) is 0 Å². The Bertz CT molecular complexity index is 51.9. The standard InChI is InChI=1S/C7H18P2/c1-6(2)8-5-9-7(3)4/h6-9H,5H2,1-4H3. The highest BCUT2D eigenvalue weighted by Crippen LogP contribution is 2.30. The van der Waals surface area contributed by atoms with Crippen LogP contribution in [0.1, 0.15) is 27.7 Å². The molecule has 0 saturated heterocycles. The molecule has 2 atom stereocenters. The van der Waals surface area contributed by atoms with Crippen LogP contribution in [0, 0.1) is 0 Å². The quantitative estimate of drug-likeness (QED) is 0.560. The van der Waals surface area contributed by atoms with E-state index < -0.39 is 0 Å². The van der Waals surface area contributed by atoms with Gasteiger partial charge in [0.1, 0.15) is 0 Å². The molecule has 0 aromatic heterocycles. The molecule has 0 radical (unpaired) electrons. The highest BCUT2D eigenvalue weighted by atomic mass is 31.1. The zero-order valence-corrected chi connectivity index (χ0v) is 8.86. The van der Waals surface area contributed by atoms with Crippen molar-refractivity contribution in [2.45, 2.75) is 39.0 Å². The lowest BCUT2D eigenvalue weighted by Crippen LogP contribution is -1.86. The first-order valence-electron chi connectivity index (χ1n) is 3.59. The molecule has 0 aliphatic heterocycles. The average Bonchev–Trinajstić information content (AvgIpc) is 1.63. The summed E-state index contributed by atoms with van der Waals surface area (Å²) >= 11 is 0. The molecule has 0 aliphatic carbocycles. The third-order valence-corrected chi connectivity index (χ3v) is 4.29. The number of rotatable bonds is 4. The maximum atomic E-state index is 2.31. The molecule has 0 amide bonds. The molecule has 0 aliphatic rings. The van der Waals surface area contributed by atoms with Gasteiger partial charge < -0.3 is 0 Å². The molecule has 0 saturated carbocycles. The van der Waals surface area contributed by atoms with Gasteiger partial charge in [-0.2, -0.15) is 0 Å². The molecule has 2 unspecified atom stereocenters. The summed E-state index contributed by atoms with van der Waals surface area (Å²) in [6.45, 7) is 9.24. The van der Waals surface area contributed by atoms with Crippen molar-refractivity contribution in [2.24, 2.45) is 0 Å². The van der Waals surface area contributed by atoms with Crippen LogP contribution < -0.4 is 0 Å². The third kappa shape index (κ3) is 8.86. The van der Waals surface area contributed by atoms with E-state index in [0.717, 1.165) is 11.3 Å². The molecule has 0 heterocycles. The van der Waals surface area contributed by atoms with Crippen LogP contribution in [-0.2, 0) is 0 Å². The first-order valence-corrected chi connectivity index (χ1v) is 6.16. The number of hydrogen-bond acceptors (Lipinski definition) is 0. The smallest absolute Gasteiger partial charge is 0.0171 e. The molecular formula is C7H18P2. The summed E-state index contributed by atoms with van der Waals surface area (Å²) in [6.07, 6.45) is 0. The molecule has 0 spiro atoms. The van der Waals surface area contributed by atoms with Crippen LogP contribution in [0.3, 0.4) is 0 Å². The summed E-state index contributed by atoms with van der Waals surface area (Å²) in [6, 6.07) is 0. The second-order valence-corrected chi connectivity index (χ2v) is 7.43. The molecular weight excluding hydrogens is 146 g/mol. The van der Waals surface area contributed by atoms with Crippen molar-refractivity contribution in [1.82, 2.24) is 0 Å². The predicted molar refractivity (Wildman–Crippen MR) is 51.8 cm³/mol. The Labute approximate surface area is 62.8 Å². The molecule has 56 valence electrons. The van der Waals surface area contributed by atoms with E-state index in [2.05, 4.69) is 27.7 Å². The minimum absolute atomic E-state index is 0.927. The fourth-order valence-corrected chi connectivity index (χ4v) is 4.20. The Kier molecular flexibility index (Phi) is 6.17. The Hall–Kier alpha value is 0.860. The summed E-state index contributed by atoms with van der Waals surface area (Å²) in [7, 11) is 2.39. The van der Waals surface area contributed by atoms with Crippen LogP contribution in [-0.4, -0.2) is 17.2 Å². The maximum absolute atomic E-state index is 2.31. The van der Waals surface area contributed by atoms with Gasteiger partial charge in [-0.05, 0) is 17.2 Å². The van der Waals surface area contributed by atoms with Gasteiger partial charge in [0.25, 0.3) is 0 Å². The fraction of sp³-hybridized carbons (Fsp3) is 1.00. The Morgan fingerprint density at radius 3 is 1.44 bits per heavy atom. The van der Waals surface area contributed by atoms with Gasteiger partial charge in [0, 0.05) is 0 Å². The first-order chi connectivity index (χ1) is 4.13. The van der Waals surface area contributed by atoms with Gasteiger partial charge in [-0.15, -0.1) is 17.2 Å². The van der Waals surface area contributed by atoms with Crippen molar-refractivity contribution in [3.63, 3.8) is 0 Å². The van der Waals surface area contributed by atoms with E-state index in [1.54, 1.807) is 0 Å². The van der Waals surface area contributed by atoms with Crippen molar-refractivity contribution >= 4 is 17.2 Å². The van der Waals surface area contributed by atoms with E-state index in [0.29, 0.717) is 0 Å². The highest BCUT2D eigenvalue weighted by molar-refractivity contribution is 7.56. The van der Waals surface area contributed by atoms with Crippen LogP contribution in [0.2, 0.25) is 0 Å². The summed E-state index contributed by atoms with van der Waals surface area (Å²) in [4.78, 5) is 0. The third-order valence-electron chi connectivity index (χ3n) is 1.02. The van der Waals surface area contributed by atoms with E-state index >= 15 is 0 Å². The average molecular weight is 164 g/mol. The van der Waals surface area contributed by atoms with Gasteiger partial charge >= 0.3 is 0 Å². The van der Waals surface area contributed by atoms with Crippen molar-refractivity contribution in [3.8, 4) is 0 Å². The Morgan fingerprint density at radius 2 is 1.22 bits per heavy atom. The molecule has 0 rings (SSSR count). The van der Waals surface area contributed by atoms with E-state index in [9.17, 15) is 0 Å². The van der Waals surface area contributed by atoms with Gasteiger partial charge in [-0.1, -0.05) is 27.7 Å². The molecule has 0 N–H and O–H groups in total. The summed E-state index contributed by atoms with van der Waals surface area (Å²) in [5, 5.41) is 0. The van der Waals surface area contributed by atoms with E-state index in [-0.39, 0.29) is 0 Å².